The molecule has 39 heavy (non-hydrogen) atoms. The summed E-state index contributed by atoms with van der Waals surface area (Å²) in [6, 6.07) is 5.91. The number of anilines is 1. The highest BCUT2D eigenvalue weighted by Gasteiger charge is 2.40. The fourth-order valence-electron chi connectivity index (χ4n) is 6.64. The highest BCUT2D eigenvalue weighted by Crippen LogP contribution is 2.42. The van der Waals surface area contributed by atoms with Crippen LogP contribution in [0.1, 0.15) is 48.3 Å². The van der Waals surface area contributed by atoms with E-state index in [0.717, 1.165) is 64.1 Å². The summed E-state index contributed by atoms with van der Waals surface area (Å²) >= 11 is 0. The van der Waals surface area contributed by atoms with Crippen molar-refractivity contribution < 1.29 is 22.7 Å². The number of ketones is 1. The Morgan fingerprint density at radius 1 is 1.13 bits per heavy atom. The van der Waals surface area contributed by atoms with Gasteiger partial charge < -0.3 is 10.1 Å². The van der Waals surface area contributed by atoms with Crippen molar-refractivity contribution in [1.29, 1.82) is 0 Å². The van der Waals surface area contributed by atoms with Crippen LogP contribution in [0.25, 0.3) is 10.9 Å². The first-order valence-electron chi connectivity index (χ1n) is 13.7. The quantitative estimate of drug-likeness (QED) is 0.438. The molecule has 0 amide bonds. The molecule has 6 rings (SSSR count). The van der Waals surface area contributed by atoms with Gasteiger partial charge in [0.05, 0.1) is 24.2 Å². The van der Waals surface area contributed by atoms with Crippen molar-refractivity contribution in [2.75, 3.05) is 38.2 Å². The Hall–Kier alpha value is -3.11. The first-order valence-corrected chi connectivity index (χ1v) is 13.7. The summed E-state index contributed by atoms with van der Waals surface area (Å²) in [5.41, 5.74) is 2.36. The predicted molar refractivity (Wildman–Crippen MR) is 140 cm³/mol. The molecule has 2 fully saturated rings. The van der Waals surface area contributed by atoms with Gasteiger partial charge in [-0.25, -0.2) is 9.97 Å². The third-order valence-electron chi connectivity index (χ3n) is 8.66. The number of aryl methyl sites for hydroxylation is 1. The van der Waals surface area contributed by atoms with Crippen molar-refractivity contribution in [3.63, 3.8) is 0 Å². The largest absolute Gasteiger partial charge is 0.416 e. The molecule has 206 valence electrons. The molecule has 0 radical (unpaired) electrons. The standard InChI is InChI=1S/C29H32F3N5O2/c30-29(31,32)22-3-4-27-26(11-22)28(36-17-35-27)34-13-24(38)10-21-15-37(23-6-8-39-16-23)14-20(21)9-18-1-2-19-12-33-7-5-25(18)19/h3-5,7,11-12,17-18,20-21,23H,1-2,6,8-10,13-16H2,(H,34,35,36)/t18?,20-,21?,23?/m0/s1. The first-order chi connectivity index (χ1) is 18.8. The summed E-state index contributed by atoms with van der Waals surface area (Å²) in [6.07, 6.45) is 5.34. The lowest BCUT2D eigenvalue weighted by molar-refractivity contribution is -0.137. The number of rotatable bonds is 8. The number of nitrogens with zero attached hydrogens (tertiary/aromatic N) is 4. The molecular formula is C29H32F3N5O2. The van der Waals surface area contributed by atoms with Gasteiger partial charge in [-0.1, -0.05) is 0 Å². The second kappa shape index (κ2) is 10.8. The summed E-state index contributed by atoms with van der Waals surface area (Å²) < 4.78 is 45.4. The molecule has 1 aromatic carbocycles. The van der Waals surface area contributed by atoms with E-state index in [2.05, 4.69) is 31.2 Å². The molecule has 2 saturated heterocycles. The zero-order chi connectivity index (χ0) is 27.0. The van der Waals surface area contributed by atoms with E-state index in [1.165, 1.54) is 23.5 Å². The number of Topliss-reactive ketones (excluding diaryl/α,β-unsaturated/α-hetero) is 1. The van der Waals surface area contributed by atoms with E-state index in [1.54, 1.807) is 0 Å². The van der Waals surface area contributed by atoms with Gasteiger partial charge in [0.15, 0.2) is 5.78 Å². The molecular weight excluding hydrogens is 507 g/mol. The molecule has 3 aliphatic rings. The monoisotopic (exact) mass is 539 g/mol. The number of fused-ring (bicyclic) bond motifs is 2. The van der Waals surface area contributed by atoms with Crippen LogP contribution < -0.4 is 5.32 Å². The lowest BCUT2D eigenvalue weighted by Gasteiger charge is -2.23. The predicted octanol–water partition coefficient (Wildman–Crippen LogP) is 4.87. The number of pyridine rings is 1. The number of hydrogen-bond donors (Lipinski definition) is 1. The number of carbonyl (C=O) groups excluding carboxylic acids is 1. The van der Waals surface area contributed by atoms with Crippen LogP contribution in [-0.2, 0) is 22.1 Å². The van der Waals surface area contributed by atoms with E-state index in [4.69, 9.17) is 4.74 Å². The molecule has 3 aromatic rings. The van der Waals surface area contributed by atoms with Crippen molar-refractivity contribution in [1.82, 2.24) is 19.9 Å². The molecule has 0 spiro atoms. The smallest absolute Gasteiger partial charge is 0.380 e. The Morgan fingerprint density at radius 3 is 2.82 bits per heavy atom. The van der Waals surface area contributed by atoms with Crippen molar-refractivity contribution in [3.05, 3.63) is 59.7 Å². The van der Waals surface area contributed by atoms with Crippen LogP contribution in [0.2, 0.25) is 0 Å². The van der Waals surface area contributed by atoms with Crippen LogP contribution in [0.3, 0.4) is 0 Å². The minimum atomic E-state index is -4.47. The van der Waals surface area contributed by atoms with E-state index in [1.807, 2.05) is 12.4 Å². The second-order valence-corrected chi connectivity index (χ2v) is 11.1. The van der Waals surface area contributed by atoms with Crippen molar-refractivity contribution >= 4 is 22.5 Å². The van der Waals surface area contributed by atoms with Crippen LogP contribution in [0, 0.1) is 11.8 Å². The molecule has 1 aliphatic carbocycles. The Balaban J connectivity index is 1.14. The Kier molecular flexibility index (Phi) is 7.24. The van der Waals surface area contributed by atoms with Crippen LogP contribution in [0.4, 0.5) is 19.0 Å². The SMILES string of the molecule is O=C(CNc1ncnc2ccc(C(F)(F)F)cc12)CC1CN(C2CCOC2)C[C@@H]1CC1CCc2cnccc21. The number of benzene rings is 1. The number of alkyl halides is 3. The average molecular weight is 540 g/mol. The van der Waals surface area contributed by atoms with E-state index < -0.39 is 11.7 Å². The third kappa shape index (κ3) is 5.63. The number of ether oxygens (including phenoxy) is 1. The Bertz CT molecular complexity index is 1340. The highest BCUT2D eigenvalue weighted by atomic mass is 19.4. The van der Waals surface area contributed by atoms with Crippen LogP contribution in [-0.4, -0.2) is 64.5 Å². The normalized spacial score (nSPS) is 25.3. The lowest BCUT2D eigenvalue weighted by atomic mass is 9.82. The van der Waals surface area contributed by atoms with Gasteiger partial charge in [-0.15, -0.1) is 0 Å². The summed E-state index contributed by atoms with van der Waals surface area (Å²) in [4.78, 5) is 28.2. The first kappa shape index (κ1) is 26.1. The number of likely N-dealkylation sites (tertiary alicyclic amines) is 1. The minimum Gasteiger partial charge on any atom is -0.380 e. The molecule has 0 bridgehead atoms. The van der Waals surface area contributed by atoms with Gasteiger partial charge in [0, 0.05) is 49.9 Å². The van der Waals surface area contributed by atoms with Crippen LogP contribution in [0.15, 0.2) is 43.0 Å². The molecule has 4 heterocycles. The topological polar surface area (TPSA) is 80.2 Å². The second-order valence-electron chi connectivity index (χ2n) is 11.1. The van der Waals surface area contributed by atoms with Crippen LogP contribution in [0.5, 0.6) is 0 Å². The Labute approximate surface area is 225 Å². The molecule has 4 atom stereocenters. The van der Waals surface area contributed by atoms with Gasteiger partial charge in [-0.2, -0.15) is 13.2 Å². The number of hydrogen-bond acceptors (Lipinski definition) is 7. The molecule has 10 heteroatoms. The summed E-state index contributed by atoms with van der Waals surface area (Å²) in [6.45, 7) is 3.37. The summed E-state index contributed by atoms with van der Waals surface area (Å²) in [7, 11) is 0. The summed E-state index contributed by atoms with van der Waals surface area (Å²) in [5, 5.41) is 3.25. The van der Waals surface area contributed by atoms with E-state index in [-0.39, 0.29) is 29.4 Å². The number of aromatic nitrogens is 3. The Morgan fingerprint density at radius 2 is 2.00 bits per heavy atom. The number of carbonyl (C=O) groups is 1. The van der Waals surface area contributed by atoms with Gasteiger partial charge in [0.25, 0.3) is 0 Å². The summed E-state index contributed by atoms with van der Waals surface area (Å²) in [5.74, 6) is 1.38. The van der Waals surface area contributed by atoms with Crippen molar-refractivity contribution in [3.8, 4) is 0 Å². The van der Waals surface area contributed by atoms with Crippen molar-refractivity contribution in [2.24, 2.45) is 11.8 Å². The van der Waals surface area contributed by atoms with E-state index in [9.17, 15) is 18.0 Å². The molecule has 0 saturated carbocycles. The maximum Gasteiger partial charge on any atom is 0.416 e. The van der Waals surface area contributed by atoms with E-state index >= 15 is 0 Å². The van der Waals surface area contributed by atoms with Crippen molar-refractivity contribution in [2.45, 2.75) is 50.2 Å². The van der Waals surface area contributed by atoms with Gasteiger partial charge in [-0.05, 0) is 78.8 Å². The number of halogens is 3. The fraction of sp³-hybridized carbons (Fsp3) is 0.517. The van der Waals surface area contributed by atoms with Gasteiger partial charge in [-0.3, -0.25) is 14.7 Å². The average Bonchev–Trinajstić information content (AvgIpc) is 3.68. The third-order valence-corrected chi connectivity index (χ3v) is 8.66. The van der Waals surface area contributed by atoms with Gasteiger partial charge in [0.1, 0.15) is 12.1 Å². The number of nitrogens with one attached hydrogen (secondary N) is 1. The highest BCUT2D eigenvalue weighted by molar-refractivity contribution is 5.91. The van der Waals surface area contributed by atoms with Gasteiger partial charge in [0.2, 0.25) is 0 Å². The molecule has 7 nitrogen and oxygen atoms in total. The molecule has 1 N–H and O–H groups in total. The minimum absolute atomic E-state index is 0.00997. The fourth-order valence-corrected chi connectivity index (χ4v) is 6.64. The zero-order valence-corrected chi connectivity index (χ0v) is 21.7. The van der Waals surface area contributed by atoms with E-state index in [0.29, 0.717) is 29.8 Å². The van der Waals surface area contributed by atoms with Gasteiger partial charge >= 0.3 is 6.18 Å². The molecule has 2 aliphatic heterocycles. The van der Waals surface area contributed by atoms with Crippen LogP contribution >= 0.6 is 0 Å². The maximum atomic E-state index is 13.3. The zero-order valence-electron chi connectivity index (χ0n) is 21.7. The lowest BCUT2D eigenvalue weighted by Crippen LogP contribution is -2.34. The molecule has 3 unspecified atom stereocenters. The maximum absolute atomic E-state index is 13.3. The molecule has 2 aromatic heterocycles.